The van der Waals surface area contributed by atoms with Crippen LogP contribution in [0, 0.1) is 12.8 Å². The molecule has 0 unspecified atom stereocenters. The summed E-state index contributed by atoms with van der Waals surface area (Å²) in [5.41, 5.74) is 8.33. The van der Waals surface area contributed by atoms with Crippen LogP contribution in [0.5, 0.6) is 5.75 Å². The van der Waals surface area contributed by atoms with Crippen molar-refractivity contribution in [3.8, 4) is 5.75 Å². The highest BCUT2D eigenvalue weighted by atomic mass is 79.9. The highest BCUT2D eigenvalue weighted by Crippen LogP contribution is 2.50. The molecule has 3 atom stereocenters. The molecule has 1 N–H and O–H groups in total. The van der Waals surface area contributed by atoms with Crippen molar-refractivity contribution in [3.05, 3.63) is 135 Å². The van der Waals surface area contributed by atoms with Crippen LogP contribution in [0.15, 0.2) is 113 Å². The van der Waals surface area contributed by atoms with E-state index in [2.05, 4.69) is 94.9 Å². The predicted octanol–water partition coefficient (Wildman–Crippen LogP) is 8.91. The predicted molar refractivity (Wildman–Crippen MR) is 156 cm³/mol. The zero-order valence-electron chi connectivity index (χ0n) is 20.8. The van der Waals surface area contributed by atoms with Crippen molar-refractivity contribution in [1.29, 1.82) is 0 Å². The molecule has 0 saturated heterocycles. The number of aryl methyl sites for hydroxylation is 1. The Morgan fingerprint density at radius 1 is 0.973 bits per heavy atom. The maximum absolute atomic E-state index is 6.11. The van der Waals surface area contributed by atoms with E-state index in [0.29, 0.717) is 24.5 Å². The van der Waals surface area contributed by atoms with Crippen molar-refractivity contribution in [3.63, 3.8) is 0 Å². The molecule has 0 amide bonds. The molecule has 4 aromatic carbocycles. The second-order valence-corrected chi connectivity index (χ2v) is 10.8. The largest absolute Gasteiger partial charge is 0.488 e. The number of para-hydroxylation sites is 1. The van der Waals surface area contributed by atoms with Gasteiger partial charge in [-0.3, -0.25) is 4.99 Å². The molecule has 184 valence electrons. The molecule has 0 saturated carbocycles. The van der Waals surface area contributed by atoms with Gasteiger partial charge < -0.3 is 10.1 Å². The number of nitrogens with one attached hydrogen (secondary N) is 1. The third kappa shape index (κ3) is 5.12. The molecule has 0 bridgehead atoms. The molecule has 37 heavy (non-hydrogen) atoms. The van der Waals surface area contributed by atoms with E-state index in [9.17, 15) is 0 Å². The second kappa shape index (κ2) is 10.4. The SMILES string of the molecule is Cc1ccc2c(c1)[C@@H]1C=CC[C@H]1[C@H](c1ccc(N=Cc3ccccc3OCc3ccc(Br)cc3)cc1)N2. The first-order valence-electron chi connectivity index (χ1n) is 12.8. The minimum absolute atomic E-state index is 0.293. The number of rotatable bonds is 6. The molecule has 1 aliphatic heterocycles. The van der Waals surface area contributed by atoms with Crippen molar-refractivity contribution in [2.45, 2.75) is 31.9 Å². The van der Waals surface area contributed by atoms with Gasteiger partial charge in [0.2, 0.25) is 0 Å². The van der Waals surface area contributed by atoms with Gasteiger partial charge in [0.15, 0.2) is 0 Å². The molecular formula is C33H29BrN2O. The van der Waals surface area contributed by atoms with Gasteiger partial charge in [-0.05, 0) is 78.4 Å². The average molecular weight is 550 g/mol. The van der Waals surface area contributed by atoms with E-state index in [1.165, 1.54) is 22.4 Å². The number of allylic oxidation sites excluding steroid dienone is 2. The van der Waals surface area contributed by atoms with E-state index in [0.717, 1.165) is 33.5 Å². The first kappa shape index (κ1) is 23.7. The monoisotopic (exact) mass is 548 g/mol. The zero-order valence-corrected chi connectivity index (χ0v) is 22.4. The van der Waals surface area contributed by atoms with Crippen LogP contribution in [0.3, 0.4) is 0 Å². The van der Waals surface area contributed by atoms with Gasteiger partial charge in [-0.25, -0.2) is 0 Å². The van der Waals surface area contributed by atoms with Crippen LogP contribution in [0.25, 0.3) is 0 Å². The first-order valence-corrected chi connectivity index (χ1v) is 13.6. The normalized spacial score (nSPS) is 19.9. The van der Waals surface area contributed by atoms with Gasteiger partial charge in [0.05, 0.1) is 11.7 Å². The van der Waals surface area contributed by atoms with Gasteiger partial charge in [-0.2, -0.15) is 0 Å². The number of ether oxygens (including phenoxy) is 1. The van der Waals surface area contributed by atoms with Gasteiger partial charge in [-0.15, -0.1) is 0 Å². The highest BCUT2D eigenvalue weighted by Gasteiger charge is 2.37. The fourth-order valence-corrected chi connectivity index (χ4v) is 5.68. The van der Waals surface area contributed by atoms with Crippen LogP contribution in [0.4, 0.5) is 11.4 Å². The van der Waals surface area contributed by atoms with Crippen molar-refractivity contribution < 1.29 is 4.74 Å². The Kier molecular flexibility index (Phi) is 6.67. The molecular weight excluding hydrogens is 520 g/mol. The molecule has 6 rings (SSSR count). The Balaban J connectivity index is 1.17. The van der Waals surface area contributed by atoms with Crippen LogP contribution in [0.1, 0.15) is 46.2 Å². The number of halogens is 1. The number of hydrogen-bond acceptors (Lipinski definition) is 3. The smallest absolute Gasteiger partial charge is 0.128 e. The summed E-state index contributed by atoms with van der Waals surface area (Å²) in [7, 11) is 0. The van der Waals surface area contributed by atoms with Crippen molar-refractivity contribution >= 4 is 33.5 Å². The molecule has 4 heteroatoms. The van der Waals surface area contributed by atoms with E-state index >= 15 is 0 Å². The lowest BCUT2D eigenvalue weighted by Gasteiger charge is -2.37. The molecule has 0 fully saturated rings. The number of fused-ring (bicyclic) bond motifs is 3. The van der Waals surface area contributed by atoms with Crippen molar-refractivity contribution in [2.24, 2.45) is 10.9 Å². The van der Waals surface area contributed by atoms with E-state index in [4.69, 9.17) is 9.73 Å². The van der Waals surface area contributed by atoms with Gasteiger partial charge in [-0.1, -0.05) is 82.2 Å². The average Bonchev–Trinajstić information content (AvgIpc) is 3.43. The quantitative estimate of drug-likeness (QED) is 0.192. The Hall–Kier alpha value is -3.63. The molecule has 0 radical (unpaired) electrons. The number of hydrogen-bond donors (Lipinski definition) is 1. The summed E-state index contributed by atoms with van der Waals surface area (Å²) in [6.07, 6.45) is 7.73. The fourth-order valence-electron chi connectivity index (χ4n) is 5.42. The third-order valence-corrected chi connectivity index (χ3v) is 7.88. The third-order valence-electron chi connectivity index (χ3n) is 7.35. The van der Waals surface area contributed by atoms with Crippen molar-refractivity contribution in [1.82, 2.24) is 0 Å². The fraction of sp³-hybridized carbons (Fsp3) is 0.182. The molecule has 2 aliphatic rings. The summed E-state index contributed by atoms with van der Waals surface area (Å²) >= 11 is 3.48. The maximum atomic E-state index is 6.11. The van der Waals surface area contributed by atoms with Crippen LogP contribution in [-0.4, -0.2) is 6.21 Å². The molecule has 3 nitrogen and oxygen atoms in total. The topological polar surface area (TPSA) is 33.6 Å². The highest BCUT2D eigenvalue weighted by molar-refractivity contribution is 9.10. The first-order chi connectivity index (χ1) is 18.1. The molecule has 1 heterocycles. The summed E-state index contributed by atoms with van der Waals surface area (Å²) < 4.78 is 7.17. The van der Waals surface area contributed by atoms with Crippen molar-refractivity contribution in [2.75, 3.05) is 5.32 Å². The Morgan fingerprint density at radius 2 is 1.78 bits per heavy atom. The van der Waals surface area contributed by atoms with E-state index in [1.54, 1.807) is 0 Å². The summed E-state index contributed by atoms with van der Waals surface area (Å²) in [6.45, 7) is 2.69. The number of aliphatic imine (C=N–C) groups is 1. The minimum Gasteiger partial charge on any atom is -0.488 e. The molecule has 1 aliphatic carbocycles. The summed E-state index contributed by atoms with van der Waals surface area (Å²) in [5.74, 6) is 1.84. The van der Waals surface area contributed by atoms with Gasteiger partial charge in [0.25, 0.3) is 0 Å². The Bertz CT molecular complexity index is 1460. The van der Waals surface area contributed by atoms with Gasteiger partial charge in [0, 0.05) is 27.9 Å². The van der Waals surface area contributed by atoms with Gasteiger partial charge >= 0.3 is 0 Å². The van der Waals surface area contributed by atoms with Crippen LogP contribution in [0.2, 0.25) is 0 Å². The van der Waals surface area contributed by atoms with Crippen LogP contribution >= 0.6 is 15.9 Å². The lowest BCUT2D eigenvalue weighted by Crippen LogP contribution is -2.29. The van der Waals surface area contributed by atoms with E-state index in [-0.39, 0.29) is 0 Å². The zero-order chi connectivity index (χ0) is 25.2. The van der Waals surface area contributed by atoms with E-state index in [1.807, 2.05) is 42.6 Å². The van der Waals surface area contributed by atoms with Crippen LogP contribution in [-0.2, 0) is 6.61 Å². The molecule has 4 aromatic rings. The lowest BCUT2D eigenvalue weighted by molar-refractivity contribution is 0.306. The lowest BCUT2D eigenvalue weighted by atomic mass is 9.76. The summed E-state index contributed by atoms with van der Waals surface area (Å²) in [4.78, 5) is 4.76. The maximum Gasteiger partial charge on any atom is 0.128 e. The Morgan fingerprint density at radius 3 is 2.62 bits per heavy atom. The summed E-state index contributed by atoms with van der Waals surface area (Å²) in [5, 5.41) is 3.83. The van der Waals surface area contributed by atoms with Gasteiger partial charge in [0.1, 0.15) is 12.4 Å². The van der Waals surface area contributed by atoms with Crippen LogP contribution < -0.4 is 10.1 Å². The minimum atomic E-state index is 0.293. The Labute approximate surface area is 227 Å². The number of anilines is 1. The standard InChI is InChI=1S/C33H29BrN2O/c1-22-9-18-31-30(19-22)28-6-4-7-29(28)33(36-31)24-12-16-27(17-13-24)35-20-25-5-2-3-8-32(25)37-21-23-10-14-26(34)15-11-23/h2-6,8-20,28-29,33,36H,7,21H2,1H3/t28-,29-,33+/m1/s1. The summed E-state index contributed by atoms with van der Waals surface area (Å²) in [6, 6.07) is 31.9. The number of benzene rings is 4. The molecule has 0 spiro atoms. The molecule has 0 aromatic heterocycles. The second-order valence-electron chi connectivity index (χ2n) is 9.87. The van der Waals surface area contributed by atoms with E-state index < -0.39 is 0 Å². The number of nitrogens with zero attached hydrogens (tertiary/aromatic N) is 1.